The fraction of sp³-hybridized carbons (Fsp3) is 0.671. The molecule has 0 aromatic rings. The van der Waals surface area contributed by atoms with Crippen molar-refractivity contribution < 1.29 is 42.9 Å². The number of esters is 2. The minimum Gasteiger partial charge on any atom is -0.477 e. The van der Waals surface area contributed by atoms with E-state index in [2.05, 4.69) is 135 Å². The van der Waals surface area contributed by atoms with Crippen LogP contribution in [0.5, 0.6) is 0 Å². The molecular weight excluding hydrogens is 983 g/mol. The van der Waals surface area contributed by atoms with Crippen LogP contribution in [0.3, 0.4) is 0 Å². The second-order valence-electron chi connectivity index (χ2n) is 22.0. The predicted octanol–water partition coefficient (Wildman–Crippen LogP) is 19.2. The highest BCUT2D eigenvalue weighted by molar-refractivity contribution is 5.71. The molecule has 79 heavy (non-hydrogen) atoms. The van der Waals surface area contributed by atoms with Gasteiger partial charge in [0.2, 0.25) is 0 Å². The van der Waals surface area contributed by atoms with Crippen LogP contribution in [-0.4, -0.2) is 87.4 Å². The van der Waals surface area contributed by atoms with E-state index in [9.17, 15) is 19.5 Å². The number of carbonyl (C=O) groups excluding carboxylic acids is 2. The number of rotatable bonds is 57. The molecule has 0 saturated carbocycles. The second-order valence-corrected chi connectivity index (χ2v) is 22.0. The van der Waals surface area contributed by atoms with Crippen LogP contribution in [0.2, 0.25) is 0 Å². The summed E-state index contributed by atoms with van der Waals surface area (Å²) in [6, 6.07) is 0. The van der Waals surface area contributed by atoms with E-state index in [1.807, 2.05) is 21.1 Å². The van der Waals surface area contributed by atoms with E-state index >= 15 is 0 Å². The van der Waals surface area contributed by atoms with Crippen LogP contribution in [0.15, 0.2) is 122 Å². The number of carbonyl (C=O) groups is 3. The van der Waals surface area contributed by atoms with Crippen molar-refractivity contribution in [3.05, 3.63) is 122 Å². The van der Waals surface area contributed by atoms with E-state index in [1.165, 1.54) is 116 Å². The summed E-state index contributed by atoms with van der Waals surface area (Å²) in [5.41, 5.74) is 0. The largest absolute Gasteiger partial charge is 0.477 e. The molecule has 0 saturated heterocycles. The lowest BCUT2D eigenvalue weighted by Crippen LogP contribution is -2.40. The lowest BCUT2D eigenvalue weighted by Gasteiger charge is -2.25. The van der Waals surface area contributed by atoms with Gasteiger partial charge in [0.15, 0.2) is 6.10 Å². The van der Waals surface area contributed by atoms with Gasteiger partial charge in [-0.2, -0.15) is 0 Å². The molecule has 0 bridgehead atoms. The Morgan fingerprint density at radius 2 is 0.684 bits per heavy atom. The second kappa shape index (κ2) is 59.8. The molecule has 0 aromatic carbocycles. The number of hydrogen-bond donors (Lipinski definition) is 1. The maximum Gasteiger partial charge on any atom is 0.361 e. The number of hydrogen-bond acceptors (Lipinski definition) is 7. The summed E-state index contributed by atoms with van der Waals surface area (Å²) in [4.78, 5) is 37.4. The van der Waals surface area contributed by atoms with Crippen molar-refractivity contribution in [1.29, 1.82) is 0 Å². The van der Waals surface area contributed by atoms with Gasteiger partial charge in [0.1, 0.15) is 13.2 Å². The van der Waals surface area contributed by atoms with Gasteiger partial charge in [0.25, 0.3) is 6.29 Å². The molecule has 9 heteroatoms. The molecule has 0 aliphatic carbocycles. The number of quaternary nitrogens is 1. The van der Waals surface area contributed by atoms with Crippen molar-refractivity contribution in [2.45, 2.75) is 257 Å². The van der Waals surface area contributed by atoms with E-state index in [0.717, 1.165) is 89.9 Å². The van der Waals surface area contributed by atoms with Crippen LogP contribution in [0.25, 0.3) is 0 Å². The maximum atomic E-state index is 12.9. The van der Waals surface area contributed by atoms with E-state index in [4.69, 9.17) is 18.9 Å². The van der Waals surface area contributed by atoms with Crippen molar-refractivity contribution in [2.75, 3.05) is 47.5 Å². The van der Waals surface area contributed by atoms with Gasteiger partial charge in [0, 0.05) is 12.8 Å². The Morgan fingerprint density at radius 1 is 0.380 bits per heavy atom. The highest BCUT2D eigenvalue weighted by atomic mass is 16.7. The smallest absolute Gasteiger partial charge is 0.361 e. The first-order valence-electron chi connectivity index (χ1n) is 31.7. The summed E-state index contributed by atoms with van der Waals surface area (Å²) in [5.74, 6) is -2.06. The highest BCUT2D eigenvalue weighted by Gasteiger charge is 2.25. The Hall–Kier alpha value is -4.31. The zero-order valence-electron chi connectivity index (χ0n) is 51.2. The molecule has 450 valence electrons. The third kappa shape index (κ3) is 61.2. The average molecular weight is 1100 g/mol. The maximum absolute atomic E-state index is 12.9. The quantitative estimate of drug-likeness (QED) is 0.0211. The van der Waals surface area contributed by atoms with Crippen molar-refractivity contribution in [1.82, 2.24) is 0 Å². The van der Waals surface area contributed by atoms with Crippen molar-refractivity contribution in [3.63, 3.8) is 0 Å². The molecule has 2 atom stereocenters. The fourth-order valence-electron chi connectivity index (χ4n) is 8.42. The van der Waals surface area contributed by atoms with Gasteiger partial charge in [-0.05, 0) is 103 Å². The number of allylic oxidation sites excluding steroid dienone is 20. The molecule has 1 N–H and O–H groups in total. The van der Waals surface area contributed by atoms with Crippen LogP contribution in [0.1, 0.15) is 245 Å². The number of carboxylic acids is 1. The van der Waals surface area contributed by atoms with Crippen LogP contribution in [-0.2, 0) is 33.3 Å². The van der Waals surface area contributed by atoms with Gasteiger partial charge >= 0.3 is 17.9 Å². The number of nitrogens with zero attached hydrogens (tertiary/aromatic N) is 1. The minimum atomic E-state index is -1.52. The summed E-state index contributed by atoms with van der Waals surface area (Å²) in [6.45, 7) is 4.60. The highest BCUT2D eigenvalue weighted by Crippen LogP contribution is 2.16. The van der Waals surface area contributed by atoms with Gasteiger partial charge in [-0.1, -0.05) is 251 Å². The number of carboxylic acid groups (broad SMARTS) is 1. The Morgan fingerprint density at radius 3 is 1.04 bits per heavy atom. The standard InChI is InChI=1S/C70H117NO8/c1-6-8-10-12-14-16-18-20-22-23-24-25-26-27-28-29-30-31-32-33-34-35-36-37-38-39-40-41-42-43-44-45-47-49-51-53-55-57-59-61-68(73)79-66(65-78-70(69(74)75)76-63-62-71(3,4)5)64-77-67(72)60-58-56-54-52-50-48-46-21-19-17-15-13-11-9-7-2/h8-11,14-17,20-22,24-25,27-28,30-31,46,50,52,66,70H,6-7,12-13,18-19,23,26,29,32-45,47-49,51,53-65H2,1-5H3/p+1/b10-8-,11-9-,16-14-,17-15-,22-20-,25-24-,28-27-,31-30-,46-21-,52-50-. The van der Waals surface area contributed by atoms with Gasteiger partial charge in [0.05, 0.1) is 34.4 Å². The normalized spacial score (nSPS) is 13.6. The lowest BCUT2D eigenvalue weighted by atomic mass is 10.0. The van der Waals surface area contributed by atoms with Crippen molar-refractivity contribution in [2.24, 2.45) is 0 Å². The lowest BCUT2D eigenvalue weighted by molar-refractivity contribution is -0.870. The Balaban J connectivity index is 4.05. The van der Waals surface area contributed by atoms with Gasteiger partial charge in [-0.3, -0.25) is 9.59 Å². The van der Waals surface area contributed by atoms with E-state index in [0.29, 0.717) is 23.9 Å². The molecule has 0 aromatic heterocycles. The monoisotopic (exact) mass is 1100 g/mol. The predicted molar refractivity (Wildman–Crippen MR) is 336 cm³/mol. The summed E-state index contributed by atoms with van der Waals surface area (Å²) in [5, 5.41) is 9.70. The number of unbranched alkanes of at least 4 members (excludes halogenated alkanes) is 22. The number of likely N-dealkylation sites (N-methyl/N-ethyl adjacent to an activating group) is 1. The third-order valence-corrected chi connectivity index (χ3v) is 13.2. The zero-order chi connectivity index (χ0) is 57.6. The topological polar surface area (TPSA) is 108 Å². The first kappa shape index (κ1) is 74.7. The Kier molecular flexibility index (Phi) is 56.5. The summed E-state index contributed by atoms with van der Waals surface area (Å²) in [6.07, 6.45) is 81.8. The number of aliphatic carboxylic acids is 1. The van der Waals surface area contributed by atoms with Gasteiger partial charge in [-0.15, -0.1) is 0 Å². The van der Waals surface area contributed by atoms with Crippen molar-refractivity contribution in [3.8, 4) is 0 Å². The minimum absolute atomic E-state index is 0.177. The Labute approximate surface area is 485 Å². The van der Waals surface area contributed by atoms with Crippen molar-refractivity contribution >= 4 is 17.9 Å². The summed E-state index contributed by atoms with van der Waals surface area (Å²) >= 11 is 0. The molecule has 0 aliphatic heterocycles. The molecule has 9 nitrogen and oxygen atoms in total. The third-order valence-electron chi connectivity index (χ3n) is 13.2. The SMILES string of the molecule is CC/C=C\C/C=C\C/C=C\C/C=C\C/C=C\C/C=C\CCCCCCCCCCCCCCCCCCCCCCC(=O)OC(COC(=O)CCCC/C=C\C/C=C\C/C=C\C/C=C\CC)COC(OCC[N+](C)(C)C)C(=O)O. The molecule has 0 fully saturated rings. The zero-order valence-corrected chi connectivity index (χ0v) is 51.2. The molecule has 2 unspecified atom stereocenters. The van der Waals surface area contributed by atoms with E-state index < -0.39 is 24.3 Å². The molecule has 0 amide bonds. The molecule has 0 spiro atoms. The van der Waals surface area contributed by atoms with Crippen LogP contribution in [0, 0.1) is 0 Å². The first-order chi connectivity index (χ1) is 38.6. The fourth-order valence-corrected chi connectivity index (χ4v) is 8.42. The first-order valence-corrected chi connectivity index (χ1v) is 31.7. The summed E-state index contributed by atoms with van der Waals surface area (Å²) < 4.78 is 22.8. The van der Waals surface area contributed by atoms with Gasteiger partial charge < -0.3 is 28.5 Å². The molecular formula is C70H118NO8+. The van der Waals surface area contributed by atoms with Crippen LogP contribution >= 0.6 is 0 Å². The molecule has 0 rings (SSSR count). The molecule has 0 radical (unpaired) electrons. The number of ether oxygens (including phenoxy) is 4. The van der Waals surface area contributed by atoms with Gasteiger partial charge in [-0.25, -0.2) is 4.79 Å². The molecule has 0 heterocycles. The van der Waals surface area contributed by atoms with E-state index in [-0.39, 0.29) is 38.6 Å². The Bertz CT molecular complexity index is 1710. The summed E-state index contributed by atoms with van der Waals surface area (Å²) in [7, 11) is 5.95. The average Bonchev–Trinajstić information content (AvgIpc) is 3.42. The van der Waals surface area contributed by atoms with Crippen LogP contribution in [0.4, 0.5) is 0 Å². The van der Waals surface area contributed by atoms with Crippen LogP contribution < -0.4 is 0 Å². The van der Waals surface area contributed by atoms with E-state index in [1.54, 1.807) is 0 Å². The molecule has 0 aliphatic rings.